The zero-order chi connectivity index (χ0) is 25.2. The Labute approximate surface area is 214 Å². The summed E-state index contributed by atoms with van der Waals surface area (Å²) in [6.07, 6.45) is 1.94. The van der Waals surface area contributed by atoms with Crippen molar-refractivity contribution in [3.63, 3.8) is 0 Å². The first kappa shape index (κ1) is 24.3. The first-order chi connectivity index (χ1) is 17.4. The van der Waals surface area contributed by atoms with E-state index in [4.69, 9.17) is 0 Å². The Hall–Kier alpha value is -3.41. The molecule has 36 heavy (non-hydrogen) atoms. The van der Waals surface area contributed by atoms with E-state index < -0.39 is 0 Å². The van der Waals surface area contributed by atoms with E-state index in [-0.39, 0.29) is 11.9 Å². The van der Waals surface area contributed by atoms with Crippen LogP contribution in [0, 0.1) is 6.92 Å². The topological polar surface area (TPSA) is 40.5 Å². The summed E-state index contributed by atoms with van der Waals surface area (Å²) in [6.45, 7) is 9.61. The summed E-state index contributed by atoms with van der Waals surface area (Å²) in [6, 6.07) is 23.5. The Bertz CT molecular complexity index is 1360. The molecule has 1 amide bonds. The molecule has 0 aliphatic carbocycles. The number of likely N-dealkylation sites (N-methyl/N-ethyl adjacent to an activating group) is 1. The average Bonchev–Trinajstić information content (AvgIpc) is 3.22. The number of amides is 1. The van der Waals surface area contributed by atoms with Gasteiger partial charge in [-0.1, -0.05) is 60.2 Å². The third-order valence-corrected chi connectivity index (χ3v) is 7.41. The second-order valence-electron chi connectivity index (χ2n) is 10.3. The highest BCUT2D eigenvalue weighted by molar-refractivity contribution is 6.08. The van der Waals surface area contributed by atoms with E-state index in [0.717, 1.165) is 54.8 Å². The van der Waals surface area contributed by atoms with Gasteiger partial charge >= 0.3 is 0 Å². The van der Waals surface area contributed by atoms with E-state index in [1.54, 1.807) is 0 Å². The van der Waals surface area contributed by atoms with Crippen molar-refractivity contribution < 1.29 is 4.79 Å². The number of aromatic nitrogens is 1. The minimum atomic E-state index is -0.0660. The lowest BCUT2D eigenvalue weighted by Gasteiger charge is -2.32. The van der Waals surface area contributed by atoms with Gasteiger partial charge in [0.05, 0.1) is 11.6 Å². The molecule has 1 atom stereocenters. The van der Waals surface area contributed by atoms with Gasteiger partial charge in [-0.25, -0.2) is 0 Å². The van der Waals surface area contributed by atoms with Crippen molar-refractivity contribution in [2.45, 2.75) is 26.4 Å². The lowest BCUT2D eigenvalue weighted by atomic mass is 10.0. The lowest BCUT2D eigenvalue weighted by Crippen LogP contribution is -2.43. The third-order valence-electron chi connectivity index (χ3n) is 7.41. The van der Waals surface area contributed by atoms with Crippen LogP contribution in [0.2, 0.25) is 0 Å². The molecule has 5 nitrogen and oxygen atoms in total. The molecule has 186 valence electrons. The highest BCUT2D eigenvalue weighted by Gasteiger charge is 2.18. The van der Waals surface area contributed by atoms with E-state index in [2.05, 4.69) is 89.8 Å². The minimum Gasteiger partial charge on any atom is -0.350 e. The van der Waals surface area contributed by atoms with E-state index in [1.807, 2.05) is 30.8 Å². The molecule has 0 spiro atoms. The van der Waals surface area contributed by atoms with Crippen LogP contribution in [0.3, 0.4) is 0 Å². The lowest BCUT2D eigenvalue weighted by molar-refractivity contribution is 0.0941. The highest BCUT2D eigenvalue weighted by atomic mass is 16.1. The van der Waals surface area contributed by atoms with Gasteiger partial charge in [-0.3, -0.25) is 9.69 Å². The molecule has 3 aromatic carbocycles. The Morgan fingerprint density at radius 2 is 1.64 bits per heavy atom. The van der Waals surface area contributed by atoms with E-state index >= 15 is 0 Å². The van der Waals surface area contributed by atoms with Crippen molar-refractivity contribution in [1.82, 2.24) is 19.7 Å². The Morgan fingerprint density at radius 1 is 0.917 bits per heavy atom. The van der Waals surface area contributed by atoms with Crippen LogP contribution < -0.4 is 5.32 Å². The molecule has 0 bridgehead atoms. The Balaban J connectivity index is 1.35. The van der Waals surface area contributed by atoms with Crippen molar-refractivity contribution in [2.24, 2.45) is 7.05 Å². The fourth-order valence-electron chi connectivity index (χ4n) is 5.12. The molecule has 1 N–H and O–H groups in total. The van der Waals surface area contributed by atoms with Gasteiger partial charge in [0.1, 0.15) is 0 Å². The maximum atomic E-state index is 13.3. The maximum absolute atomic E-state index is 13.3. The van der Waals surface area contributed by atoms with Crippen molar-refractivity contribution in [3.8, 4) is 11.1 Å². The smallest absolute Gasteiger partial charge is 0.253 e. The van der Waals surface area contributed by atoms with Gasteiger partial charge in [0.15, 0.2) is 0 Å². The van der Waals surface area contributed by atoms with Crippen LogP contribution in [0.25, 0.3) is 22.0 Å². The maximum Gasteiger partial charge on any atom is 0.253 e. The third kappa shape index (κ3) is 5.23. The number of nitrogens with one attached hydrogen (secondary N) is 1. The quantitative estimate of drug-likeness (QED) is 0.402. The summed E-state index contributed by atoms with van der Waals surface area (Å²) < 4.78 is 2.03. The number of nitrogens with zero attached hydrogens (tertiary/aromatic N) is 3. The Kier molecular flexibility index (Phi) is 6.95. The zero-order valence-electron chi connectivity index (χ0n) is 21.8. The molecule has 2 heterocycles. The number of aryl methyl sites for hydroxylation is 2. The van der Waals surface area contributed by atoms with Crippen molar-refractivity contribution in [1.29, 1.82) is 0 Å². The summed E-state index contributed by atoms with van der Waals surface area (Å²) in [5.74, 6) is -0.0470. The summed E-state index contributed by atoms with van der Waals surface area (Å²) >= 11 is 0. The number of carbonyl (C=O) groups is 1. The van der Waals surface area contributed by atoms with E-state index in [0.29, 0.717) is 5.56 Å². The summed E-state index contributed by atoms with van der Waals surface area (Å²) in [5, 5.41) is 4.17. The molecule has 1 aromatic heterocycles. The van der Waals surface area contributed by atoms with Gasteiger partial charge in [-0.05, 0) is 55.3 Å². The van der Waals surface area contributed by atoms with Crippen molar-refractivity contribution in [3.05, 3.63) is 95.2 Å². The molecule has 1 aliphatic rings. The number of hydrogen-bond acceptors (Lipinski definition) is 3. The van der Waals surface area contributed by atoms with Crippen LogP contribution in [-0.2, 0) is 13.6 Å². The SMILES string of the molecule is Cc1cccc([C@H](C)NC(=O)c2cn(C)c3ccc(-c4ccc(CN5CCN(C)CC5)cc4)cc23)c1. The highest BCUT2D eigenvalue weighted by Crippen LogP contribution is 2.29. The van der Waals surface area contributed by atoms with Crippen LogP contribution in [0.5, 0.6) is 0 Å². The number of hydrogen-bond donors (Lipinski definition) is 1. The number of benzene rings is 3. The number of fused-ring (bicyclic) bond motifs is 1. The van der Waals surface area contributed by atoms with Gasteiger partial charge in [0.25, 0.3) is 5.91 Å². The predicted octanol–water partition coefficient (Wildman–Crippen LogP) is 5.39. The van der Waals surface area contributed by atoms with Gasteiger partial charge in [-0.2, -0.15) is 0 Å². The summed E-state index contributed by atoms with van der Waals surface area (Å²) in [7, 11) is 4.19. The molecule has 1 fully saturated rings. The fraction of sp³-hybridized carbons (Fsp3) is 0.323. The fourth-order valence-corrected chi connectivity index (χ4v) is 5.12. The first-order valence-electron chi connectivity index (χ1n) is 12.8. The van der Waals surface area contributed by atoms with Crippen molar-refractivity contribution >= 4 is 16.8 Å². The standard InChI is InChI=1S/C31H36N4O/c1-22-6-5-7-26(18-22)23(2)32-31(36)29-21-34(4)30-13-12-27(19-28(29)30)25-10-8-24(9-11-25)20-35-16-14-33(3)15-17-35/h5-13,18-19,21,23H,14-17,20H2,1-4H3,(H,32,36)/t23-/m0/s1. The van der Waals surface area contributed by atoms with Crippen LogP contribution in [-0.4, -0.2) is 53.5 Å². The minimum absolute atomic E-state index is 0.0470. The van der Waals surface area contributed by atoms with Gasteiger partial charge in [0.2, 0.25) is 0 Å². The van der Waals surface area contributed by atoms with Gasteiger partial charge in [0, 0.05) is 56.9 Å². The molecule has 1 saturated heterocycles. The number of carbonyl (C=O) groups excluding carboxylic acids is 1. The number of piperazine rings is 1. The molecule has 0 saturated carbocycles. The zero-order valence-corrected chi connectivity index (χ0v) is 21.8. The normalized spacial score (nSPS) is 15.8. The molecular formula is C31H36N4O. The summed E-state index contributed by atoms with van der Waals surface area (Å²) in [5.41, 5.74) is 7.70. The molecule has 1 aliphatic heterocycles. The van der Waals surface area contributed by atoms with Crippen LogP contribution in [0.4, 0.5) is 0 Å². The van der Waals surface area contributed by atoms with Crippen LogP contribution in [0.15, 0.2) is 72.9 Å². The Morgan fingerprint density at radius 3 is 2.36 bits per heavy atom. The van der Waals surface area contributed by atoms with Gasteiger partial charge < -0.3 is 14.8 Å². The van der Waals surface area contributed by atoms with E-state index in [1.165, 1.54) is 16.7 Å². The summed E-state index contributed by atoms with van der Waals surface area (Å²) in [4.78, 5) is 18.2. The first-order valence-corrected chi connectivity index (χ1v) is 12.8. The molecule has 0 radical (unpaired) electrons. The molecule has 4 aromatic rings. The number of rotatable bonds is 6. The second-order valence-corrected chi connectivity index (χ2v) is 10.3. The van der Waals surface area contributed by atoms with Crippen molar-refractivity contribution in [2.75, 3.05) is 33.2 Å². The van der Waals surface area contributed by atoms with E-state index in [9.17, 15) is 4.79 Å². The predicted molar refractivity (Wildman–Crippen MR) is 148 cm³/mol. The molecule has 5 rings (SSSR count). The largest absolute Gasteiger partial charge is 0.350 e. The molecule has 0 unspecified atom stereocenters. The average molecular weight is 481 g/mol. The second kappa shape index (κ2) is 10.3. The monoisotopic (exact) mass is 480 g/mol. The molecule has 5 heteroatoms. The van der Waals surface area contributed by atoms with Gasteiger partial charge in [-0.15, -0.1) is 0 Å². The van der Waals surface area contributed by atoms with Crippen LogP contribution in [0.1, 0.15) is 40.0 Å². The van der Waals surface area contributed by atoms with Crippen LogP contribution >= 0.6 is 0 Å². The molecular weight excluding hydrogens is 444 g/mol.